The van der Waals surface area contributed by atoms with Gasteiger partial charge >= 0.3 is 0 Å². The topological polar surface area (TPSA) is 34.6 Å². The fourth-order valence-corrected chi connectivity index (χ4v) is 7.99. The first-order valence-corrected chi connectivity index (χ1v) is 16.4. The predicted molar refractivity (Wildman–Crippen MR) is 200 cm³/mol. The minimum atomic E-state index is 0.874. The highest BCUT2D eigenvalue weighted by Crippen LogP contribution is 2.42. The van der Waals surface area contributed by atoms with E-state index in [2.05, 4.69) is 136 Å². The van der Waals surface area contributed by atoms with E-state index < -0.39 is 0 Å². The highest BCUT2D eigenvalue weighted by Gasteiger charge is 2.21. The molecule has 0 amide bonds. The van der Waals surface area contributed by atoms with E-state index in [4.69, 9.17) is 9.97 Å². The lowest BCUT2D eigenvalue weighted by molar-refractivity contribution is 1.29. The van der Waals surface area contributed by atoms with Crippen molar-refractivity contribution < 1.29 is 0 Å². The second kappa shape index (κ2) is 9.50. The van der Waals surface area contributed by atoms with Crippen LogP contribution in [0.25, 0.3) is 99.0 Å². The van der Waals surface area contributed by atoms with Crippen LogP contribution in [0.5, 0.6) is 0 Å². The van der Waals surface area contributed by atoms with Crippen LogP contribution < -0.4 is 0 Å². The molecule has 11 aromatic rings. The summed E-state index contributed by atoms with van der Waals surface area (Å²) in [6.07, 6.45) is 0. The molecule has 0 unspecified atom stereocenters. The third kappa shape index (κ3) is 3.38. The summed E-state index contributed by atoms with van der Waals surface area (Å²) in [5, 5.41) is 7.34. The first-order valence-electron chi connectivity index (χ1n) is 16.4. The van der Waals surface area contributed by atoms with E-state index in [1.54, 1.807) is 0 Å². The molecule has 0 saturated heterocycles. The number of hydrogen-bond donors (Lipinski definition) is 0. The zero-order chi connectivity index (χ0) is 31.3. The van der Waals surface area contributed by atoms with Crippen molar-refractivity contribution in [2.75, 3.05) is 0 Å². The lowest BCUT2D eigenvalue weighted by Gasteiger charge is -2.14. The standard InChI is InChI=1S/C44H26N4/c1-2-12-27(13-3-1)41-42(46-36-18-8-7-17-35(36)45-41)28-22-25-40-34(26-28)31-16-6-11-21-39(31)47-37-19-9-4-14-29(37)32-23-24-33-30-15-5-10-20-38(30)48(40)44(33)43(32)47/h1-26H. The van der Waals surface area contributed by atoms with Gasteiger partial charge in [0.25, 0.3) is 0 Å². The molecule has 0 aliphatic heterocycles. The molecule has 222 valence electrons. The summed E-state index contributed by atoms with van der Waals surface area (Å²) < 4.78 is 4.97. The van der Waals surface area contributed by atoms with Gasteiger partial charge in [-0.05, 0) is 42.5 Å². The molecule has 0 aliphatic rings. The van der Waals surface area contributed by atoms with Crippen molar-refractivity contribution in [3.8, 4) is 22.5 Å². The Morgan fingerprint density at radius 1 is 0.312 bits per heavy atom. The average Bonchev–Trinajstić information content (AvgIpc) is 3.67. The lowest BCUT2D eigenvalue weighted by atomic mass is 10.0. The van der Waals surface area contributed by atoms with Crippen LogP contribution in [0, 0.1) is 0 Å². The van der Waals surface area contributed by atoms with Crippen molar-refractivity contribution in [2.45, 2.75) is 0 Å². The second-order valence-corrected chi connectivity index (χ2v) is 12.6. The Hall–Kier alpha value is -6.52. The molecule has 4 nitrogen and oxygen atoms in total. The molecule has 0 aliphatic carbocycles. The molecule has 0 N–H and O–H groups in total. The summed E-state index contributed by atoms with van der Waals surface area (Å²) in [4.78, 5) is 10.5. The zero-order valence-electron chi connectivity index (χ0n) is 25.8. The van der Waals surface area contributed by atoms with Crippen molar-refractivity contribution in [3.05, 3.63) is 158 Å². The number of aromatic nitrogens is 4. The van der Waals surface area contributed by atoms with Gasteiger partial charge < -0.3 is 8.80 Å². The summed E-state index contributed by atoms with van der Waals surface area (Å²) in [5.74, 6) is 0. The fourth-order valence-electron chi connectivity index (χ4n) is 7.99. The van der Waals surface area contributed by atoms with E-state index in [0.29, 0.717) is 0 Å². The molecule has 0 atom stereocenters. The van der Waals surface area contributed by atoms with Crippen LogP contribution in [0.2, 0.25) is 0 Å². The van der Waals surface area contributed by atoms with Crippen LogP contribution >= 0.6 is 0 Å². The largest absolute Gasteiger partial charge is 0.307 e. The number of fused-ring (bicyclic) bond motifs is 12. The van der Waals surface area contributed by atoms with Crippen molar-refractivity contribution in [2.24, 2.45) is 0 Å². The molecule has 4 heteroatoms. The maximum absolute atomic E-state index is 5.27. The van der Waals surface area contributed by atoms with Crippen LogP contribution in [0.15, 0.2) is 158 Å². The highest BCUT2D eigenvalue weighted by molar-refractivity contribution is 6.25. The molecular weight excluding hydrogens is 585 g/mol. The van der Waals surface area contributed by atoms with Gasteiger partial charge in [-0.25, -0.2) is 9.97 Å². The summed E-state index contributed by atoms with van der Waals surface area (Å²) in [6.45, 7) is 0. The fraction of sp³-hybridized carbons (Fsp3) is 0. The third-order valence-electron chi connectivity index (χ3n) is 10.0. The van der Waals surface area contributed by atoms with E-state index >= 15 is 0 Å². The number of nitrogens with zero attached hydrogens (tertiary/aromatic N) is 4. The van der Waals surface area contributed by atoms with E-state index in [0.717, 1.165) is 44.5 Å². The molecule has 4 aromatic heterocycles. The number of hydrogen-bond acceptors (Lipinski definition) is 2. The summed E-state index contributed by atoms with van der Waals surface area (Å²) >= 11 is 0. The van der Waals surface area contributed by atoms with Gasteiger partial charge in [-0.3, -0.25) is 0 Å². The molecule has 7 aromatic carbocycles. The van der Waals surface area contributed by atoms with Crippen molar-refractivity contribution in [1.82, 2.24) is 18.8 Å². The van der Waals surface area contributed by atoms with E-state index in [9.17, 15) is 0 Å². The SMILES string of the molecule is c1ccc(-c2nc3ccccc3nc2-c2ccc3c(c2)c2ccccc2n2c4ccccc4c4ccc5c6ccccc6n3c5c42)cc1. The highest BCUT2D eigenvalue weighted by atomic mass is 15.0. The molecule has 11 rings (SSSR count). The first-order chi connectivity index (χ1) is 23.8. The Morgan fingerprint density at radius 3 is 1.31 bits per heavy atom. The Bertz CT molecular complexity index is 3110. The van der Waals surface area contributed by atoms with Gasteiger partial charge in [0.1, 0.15) is 0 Å². The van der Waals surface area contributed by atoms with Gasteiger partial charge in [-0.1, -0.05) is 115 Å². The molecule has 0 fully saturated rings. The molecule has 0 saturated carbocycles. The van der Waals surface area contributed by atoms with Crippen molar-refractivity contribution >= 4 is 76.5 Å². The minimum Gasteiger partial charge on any atom is -0.307 e. The van der Waals surface area contributed by atoms with Gasteiger partial charge in [-0.15, -0.1) is 0 Å². The molecule has 4 heterocycles. The van der Waals surface area contributed by atoms with Crippen LogP contribution in [0.4, 0.5) is 0 Å². The first kappa shape index (κ1) is 25.6. The monoisotopic (exact) mass is 610 g/mol. The zero-order valence-corrected chi connectivity index (χ0v) is 25.8. The summed E-state index contributed by atoms with van der Waals surface area (Å²) in [7, 11) is 0. The van der Waals surface area contributed by atoms with E-state index in [1.165, 1.54) is 54.5 Å². The van der Waals surface area contributed by atoms with Crippen LogP contribution in [-0.4, -0.2) is 18.8 Å². The molecule has 0 spiro atoms. The van der Waals surface area contributed by atoms with Gasteiger partial charge in [0.15, 0.2) is 0 Å². The van der Waals surface area contributed by atoms with Crippen molar-refractivity contribution in [1.29, 1.82) is 0 Å². The minimum absolute atomic E-state index is 0.874. The number of rotatable bonds is 2. The Balaban J connectivity index is 1.39. The molecule has 0 bridgehead atoms. The van der Waals surface area contributed by atoms with Gasteiger partial charge in [0, 0.05) is 43.4 Å². The quantitative estimate of drug-likeness (QED) is 0.195. The Labute approximate surface area is 274 Å². The molecular formula is C44H26N4. The number of benzene rings is 7. The Morgan fingerprint density at radius 2 is 0.750 bits per heavy atom. The lowest BCUT2D eigenvalue weighted by Crippen LogP contribution is -1.97. The normalized spacial score (nSPS) is 12.2. The van der Waals surface area contributed by atoms with Crippen LogP contribution in [-0.2, 0) is 0 Å². The Kier molecular flexibility index (Phi) is 5.08. The third-order valence-corrected chi connectivity index (χ3v) is 10.0. The molecule has 0 radical (unpaired) electrons. The average molecular weight is 611 g/mol. The van der Waals surface area contributed by atoms with E-state index in [1.807, 2.05) is 30.3 Å². The smallest absolute Gasteiger partial charge is 0.0973 e. The maximum atomic E-state index is 5.27. The number of para-hydroxylation sites is 5. The summed E-state index contributed by atoms with van der Waals surface area (Å²) in [5.41, 5.74) is 12.8. The summed E-state index contributed by atoms with van der Waals surface area (Å²) in [6, 6.07) is 56.4. The van der Waals surface area contributed by atoms with Gasteiger partial charge in [0.05, 0.1) is 55.5 Å². The van der Waals surface area contributed by atoms with E-state index in [-0.39, 0.29) is 0 Å². The second-order valence-electron chi connectivity index (χ2n) is 12.6. The predicted octanol–water partition coefficient (Wildman–Crippen LogP) is 11.2. The van der Waals surface area contributed by atoms with Gasteiger partial charge in [-0.2, -0.15) is 0 Å². The van der Waals surface area contributed by atoms with Gasteiger partial charge in [0.2, 0.25) is 0 Å². The van der Waals surface area contributed by atoms with Crippen LogP contribution in [0.1, 0.15) is 0 Å². The van der Waals surface area contributed by atoms with Crippen molar-refractivity contribution in [3.63, 3.8) is 0 Å². The molecule has 48 heavy (non-hydrogen) atoms. The maximum Gasteiger partial charge on any atom is 0.0973 e. The van der Waals surface area contributed by atoms with Crippen LogP contribution in [0.3, 0.4) is 0 Å².